The Balaban J connectivity index is 1.78. The summed E-state index contributed by atoms with van der Waals surface area (Å²) in [6.45, 7) is 3.66. The number of esters is 1. The third-order valence-corrected chi connectivity index (χ3v) is 7.62. The first-order valence-corrected chi connectivity index (χ1v) is 12.3. The van der Waals surface area contributed by atoms with Crippen molar-refractivity contribution >= 4 is 39.3 Å². The lowest BCUT2D eigenvalue weighted by Crippen LogP contribution is -2.42. The second-order valence-corrected chi connectivity index (χ2v) is 10.0. The number of halogens is 1. The number of anilines is 1. The van der Waals surface area contributed by atoms with Gasteiger partial charge in [-0.05, 0) is 57.0 Å². The zero-order valence-corrected chi connectivity index (χ0v) is 20.1. The molecule has 0 spiro atoms. The fourth-order valence-electron chi connectivity index (χ4n) is 3.52. The molecule has 11 heteroatoms. The van der Waals surface area contributed by atoms with E-state index in [0.717, 1.165) is 19.3 Å². The normalized spacial score (nSPS) is 17.8. The van der Waals surface area contributed by atoms with Gasteiger partial charge in [-0.1, -0.05) is 18.0 Å². The third-order valence-electron chi connectivity index (χ3n) is 5.36. The van der Waals surface area contributed by atoms with Gasteiger partial charge in [-0.25, -0.2) is 18.2 Å². The summed E-state index contributed by atoms with van der Waals surface area (Å²) in [6.07, 6.45) is 2.71. The van der Waals surface area contributed by atoms with Gasteiger partial charge in [0.25, 0.3) is 5.91 Å². The van der Waals surface area contributed by atoms with Gasteiger partial charge in [0, 0.05) is 18.8 Å². The molecule has 2 aromatic rings. The van der Waals surface area contributed by atoms with Crippen LogP contribution in [0, 0.1) is 0 Å². The number of pyridine rings is 1. The molecule has 2 heterocycles. The van der Waals surface area contributed by atoms with Crippen LogP contribution in [0.15, 0.2) is 41.4 Å². The monoisotopic (exact) mass is 495 g/mol. The lowest BCUT2D eigenvalue weighted by atomic mass is 10.1. The quantitative estimate of drug-likeness (QED) is 0.584. The van der Waals surface area contributed by atoms with E-state index >= 15 is 0 Å². The van der Waals surface area contributed by atoms with Crippen molar-refractivity contribution < 1.29 is 27.5 Å². The molecule has 1 aliphatic rings. The van der Waals surface area contributed by atoms with Crippen LogP contribution in [0.1, 0.15) is 43.5 Å². The van der Waals surface area contributed by atoms with Gasteiger partial charge in [-0.2, -0.15) is 4.31 Å². The molecular weight excluding hydrogens is 470 g/mol. The zero-order valence-electron chi connectivity index (χ0n) is 18.6. The topological polar surface area (TPSA) is 115 Å². The first kappa shape index (κ1) is 24.9. The Kier molecular flexibility index (Phi) is 7.93. The number of benzene rings is 1. The molecule has 33 heavy (non-hydrogen) atoms. The summed E-state index contributed by atoms with van der Waals surface area (Å²) in [5, 5.41) is 2.93. The summed E-state index contributed by atoms with van der Waals surface area (Å²) < 4.78 is 38.6. The third kappa shape index (κ3) is 5.82. The molecule has 1 aromatic heterocycles. The van der Waals surface area contributed by atoms with Crippen LogP contribution >= 0.6 is 11.6 Å². The molecule has 1 aliphatic heterocycles. The van der Waals surface area contributed by atoms with E-state index < -0.39 is 28.0 Å². The first-order chi connectivity index (χ1) is 15.6. The minimum Gasteiger partial charge on any atom is -0.495 e. The Bertz CT molecular complexity index is 1120. The molecule has 1 saturated heterocycles. The number of nitrogens with zero attached hydrogens (tertiary/aromatic N) is 2. The van der Waals surface area contributed by atoms with Crippen molar-refractivity contribution in [2.45, 2.75) is 50.2 Å². The average molecular weight is 496 g/mol. The van der Waals surface area contributed by atoms with Crippen molar-refractivity contribution in [3.8, 4) is 5.75 Å². The summed E-state index contributed by atoms with van der Waals surface area (Å²) in [5.74, 6) is -1.06. The highest BCUT2D eigenvalue weighted by Crippen LogP contribution is 2.32. The second kappa shape index (κ2) is 10.5. The number of ether oxygens (including phenoxy) is 2. The van der Waals surface area contributed by atoms with Gasteiger partial charge in [0.05, 0.1) is 17.7 Å². The summed E-state index contributed by atoms with van der Waals surface area (Å²) in [6, 6.07) is 6.93. The smallest absolute Gasteiger partial charge is 0.338 e. The van der Waals surface area contributed by atoms with Crippen LogP contribution in [0.25, 0.3) is 0 Å². The van der Waals surface area contributed by atoms with E-state index in [4.69, 9.17) is 21.1 Å². The van der Waals surface area contributed by atoms with E-state index in [0.29, 0.717) is 11.6 Å². The maximum absolute atomic E-state index is 13.3. The molecule has 0 bridgehead atoms. The number of amides is 1. The maximum atomic E-state index is 13.3. The van der Waals surface area contributed by atoms with E-state index in [-0.39, 0.29) is 28.1 Å². The van der Waals surface area contributed by atoms with Gasteiger partial charge >= 0.3 is 5.97 Å². The first-order valence-electron chi connectivity index (χ1n) is 10.5. The van der Waals surface area contributed by atoms with Crippen LogP contribution < -0.4 is 10.1 Å². The van der Waals surface area contributed by atoms with Crippen LogP contribution in [-0.2, 0) is 19.6 Å². The Morgan fingerprint density at radius 1 is 1.24 bits per heavy atom. The molecule has 178 valence electrons. The molecule has 3 rings (SSSR count). The van der Waals surface area contributed by atoms with Gasteiger partial charge in [0.2, 0.25) is 10.0 Å². The van der Waals surface area contributed by atoms with Gasteiger partial charge in [0.15, 0.2) is 6.10 Å². The second-order valence-electron chi connectivity index (χ2n) is 7.72. The standard InChI is InChI=1S/C22H26ClN3O6S/c1-14-6-4-5-11-26(14)33(29,30)19-12-16(7-9-18(19)31-3)22(28)32-15(2)21(27)25-20-10-8-17(23)13-24-20/h7-10,12-15H,4-6,11H2,1-3H3,(H,24,25,27)/t14-,15+/m0/s1. The van der Waals surface area contributed by atoms with Crippen molar-refractivity contribution in [2.24, 2.45) is 0 Å². The Morgan fingerprint density at radius 2 is 2.00 bits per heavy atom. The molecule has 0 radical (unpaired) electrons. The lowest BCUT2D eigenvalue weighted by Gasteiger charge is -2.32. The molecular formula is C22H26ClN3O6S. The largest absolute Gasteiger partial charge is 0.495 e. The molecule has 0 saturated carbocycles. The summed E-state index contributed by atoms with van der Waals surface area (Å²) >= 11 is 5.77. The Labute approximate surface area is 198 Å². The number of nitrogens with one attached hydrogen (secondary N) is 1. The average Bonchev–Trinajstić information content (AvgIpc) is 2.80. The number of rotatable bonds is 7. The van der Waals surface area contributed by atoms with Crippen LogP contribution in [0.2, 0.25) is 5.02 Å². The summed E-state index contributed by atoms with van der Waals surface area (Å²) in [4.78, 5) is 28.9. The van der Waals surface area contributed by atoms with E-state index in [1.54, 1.807) is 6.07 Å². The Hall–Kier alpha value is -2.69. The number of methoxy groups -OCH3 is 1. The Morgan fingerprint density at radius 3 is 2.64 bits per heavy atom. The zero-order chi connectivity index (χ0) is 24.2. The molecule has 2 atom stereocenters. The molecule has 1 fully saturated rings. The van der Waals surface area contributed by atoms with E-state index in [1.165, 1.54) is 48.8 Å². The van der Waals surface area contributed by atoms with Crippen LogP contribution in [0.5, 0.6) is 5.75 Å². The predicted octanol–water partition coefficient (Wildman–Crippen LogP) is 3.49. The number of carbonyl (C=O) groups excluding carboxylic acids is 2. The van der Waals surface area contributed by atoms with Crippen molar-refractivity contribution in [3.63, 3.8) is 0 Å². The number of hydrogen-bond acceptors (Lipinski definition) is 7. The highest BCUT2D eigenvalue weighted by atomic mass is 35.5. The highest BCUT2D eigenvalue weighted by molar-refractivity contribution is 7.89. The minimum absolute atomic E-state index is 0.0108. The van der Waals surface area contributed by atoms with E-state index in [9.17, 15) is 18.0 Å². The van der Waals surface area contributed by atoms with Crippen LogP contribution in [0.4, 0.5) is 5.82 Å². The van der Waals surface area contributed by atoms with Gasteiger partial charge in [0.1, 0.15) is 16.5 Å². The number of sulfonamides is 1. The van der Waals surface area contributed by atoms with Crippen LogP contribution in [-0.4, -0.2) is 55.4 Å². The molecule has 0 unspecified atom stereocenters. The molecule has 9 nitrogen and oxygen atoms in total. The van der Waals surface area contributed by atoms with Crippen molar-refractivity contribution in [1.29, 1.82) is 0 Å². The molecule has 1 aromatic carbocycles. The number of carbonyl (C=O) groups is 2. The van der Waals surface area contributed by atoms with Gasteiger partial charge in [-0.15, -0.1) is 0 Å². The molecule has 1 N–H and O–H groups in total. The fourth-order valence-corrected chi connectivity index (χ4v) is 5.51. The van der Waals surface area contributed by atoms with Gasteiger partial charge in [-0.3, -0.25) is 4.79 Å². The van der Waals surface area contributed by atoms with E-state index in [2.05, 4.69) is 10.3 Å². The van der Waals surface area contributed by atoms with E-state index in [1.807, 2.05) is 6.92 Å². The van der Waals surface area contributed by atoms with Gasteiger partial charge < -0.3 is 14.8 Å². The lowest BCUT2D eigenvalue weighted by molar-refractivity contribution is -0.123. The van der Waals surface area contributed by atoms with Crippen molar-refractivity contribution in [3.05, 3.63) is 47.1 Å². The van der Waals surface area contributed by atoms with Crippen LogP contribution in [0.3, 0.4) is 0 Å². The van der Waals surface area contributed by atoms with Crippen molar-refractivity contribution in [2.75, 3.05) is 19.0 Å². The number of hydrogen-bond donors (Lipinski definition) is 1. The SMILES string of the molecule is COc1ccc(C(=O)O[C@H](C)C(=O)Nc2ccc(Cl)cn2)cc1S(=O)(=O)N1CCCC[C@@H]1C. The highest BCUT2D eigenvalue weighted by Gasteiger charge is 2.34. The minimum atomic E-state index is -3.90. The molecule has 0 aliphatic carbocycles. The fraction of sp³-hybridized carbons (Fsp3) is 0.409. The molecule has 1 amide bonds. The van der Waals surface area contributed by atoms with Crippen molar-refractivity contribution in [1.82, 2.24) is 9.29 Å². The maximum Gasteiger partial charge on any atom is 0.338 e. The summed E-state index contributed by atoms with van der Waals surface area (Å²) in [7, 11) is -2.53. The number of aromatic nitrogens is 1. The number of piperidine rings is 1. The summed E-state index contributed by atoms with van der Waals surface area (Å²) in [5.41, 5.74) is -0.0108. The predicted molar refractivity (Wildman–Crippen MR) is 123 cm³/mol.